The number of hydrogen-bond donors (Lipinski definition) is 2. The summed E-state index contributed by atoms with van der Waals surface area (Å²) in [6.45, 7) is 4.06. The Kier molecular flexibility index (Phi) is 3.99. The first-order chi connectivity index (χ1) is 8.58. The fourth-order valence-electron chi connectivity index (χ4n) is 1.85. The molecule has 0 bridgehead atoms. The third kappa shape index (κ3) is 2.89. The van der Waals surface area contributed by atoms with Gasteiger partial charge in [0.2, 0.25) is 0 Å². The predicted molar refractivity (Wildman–Crippen MR) is 70.0 cm³/mol. The van der Waals surface area contributed by atoms with E-state index in [2.05, 4.69) is 15.5 Å². The second-order valence-electron chi connectivity index (χ2n) is 4.32. The van der Waals surface area contributed by atoms with Crippen molar-refractivity contribution in [3.8, 4) is 0 Å². The monoisotopic (exact) mass is 267 g/mol. The van der Waals surface area contributed by atoms with Gasteiger partial charge < -0.3 is 5.32 Å². The van der Waals surface area contributed by atoms with Crippen LogP contribution in [0.5, 0.6) is 0 Å². The van der Waals surface area contributed by atoms with E-state index in [1.54, 1.807) is 18.3 Å². The second kappa shape index (κ2) is 5.50. The minimum absolute atomic E-state index is 0.0769. The molecule has 1 aromatic carbocycles. The lowest BCUT2D eigenvalue weighted by atomic mass is 10.1. The number of aromatic amines is 1. The van der Waals surface area contributed by atoms with Crippen molar-refractivity contribution < 1.29 is 4.39 Å². The van der Waals surface area contributed by atoms with E-state index < -0.39 is 5.82 Å². The average Bonchev–Trinajstić information content (AvgIpc) is 2.86. The molecule has 0 amide bonds. The average molecular weight is 268 g/mol. The first kappa shape index (κ1) is 13.1. The first-order valence-electron chi connectivity index (χ1n) is 5.77. The number of hydrogen-bond acceptors (Lipinski definition) is 2. The quantitative estimate of drug-likeness (QED) is 0.888. The Bertz CT molecular complexity index is 513. The molecule has 0 aliphatic rings. The zero-order valence-electron chi connectivity index (χ0n) is 10.2. The zero-order chi connectivity index (χ0) is 13.1. The number of benzene rings is 1. The summed E-state index contributed by atoms with van der Waals surface area (Å²) in [5, 5.41) is 10.2. The van der Waals surface area contributed by atoms with E-state index in [-0.39, 0.29) is 17.1 Å². The minimum Gasteiger partial charge on any atom is -0.304 e. The van der Waals surface area contributed by atoms with Crippen LogP contribution in [0.1, 0.15) is 37.1 Å². The van der Waals surface area contributed by atoms with Gasteiger partial charge in [-0.2, -0.15) is 5.10 Å². The van der Waals surface area contributed by atoms with E-state index in [9.17, 15) is 4.39 Å². The van der Waals surface area contributed by atoms with Crippen molar-refractivity contribution in [3.05, 3.63) is 52.6 Å². The highest BCUT2D eigenvalue weighted by atomic mass is 35.5. The van der Waals surface area contributed by atoms with Gasteiger partial charge in [-0.15, -0.1) is 0 Å². The van der Waals surface area contributed by atoms with E-state index in [1.165, 1.54) is 6.07 Å². The standard InChI is InChI=1S/C13H15ClFN3/c1-8(10-3-4-13(15)12(14)5-10)18-9(2)11-6-16-17-7-11/h3-9,18H,1-2H3,(H,16,17). The van der Waals surface area contributed by atoms with E-state index in [4.69, 9.17) is 11.6 Å². The molecule has 0 saturated carbocycles. The Balaban J connectivity index is 2.07. The molecule has 2 atom stereocenters. The second-order valence-corrected chi connectivity index (χ2v) is 4.72. The Morgan fingerprint density at radius 1 is 1.28 bits per heavy atom. The Morgan fingerprint density at radius 3 is 2.61 bits per heavy atom. The lowest BCUT2D eigenvalue weighted by molar-refractivity contribution is 0.494. The fourth-order valence-corrected chi connectivity index (χ4v) is 2.04. The van der Waals surface area contributed by atoms with Crippen LogP contribution in [-0.2, 0) is 0 Å². The van der Waals surface area contributed by atoms with Crippen molar-refractivity contribution in [3.63, 3.8) is 0 Å². The van der Waals surface area contributed by atoms with Crippen LogP contribution in [0, 0.1) is 5.82 Å². The lowest BCUT2D eigenvalue weighted by Gasteiger charge is -2.19. The van der Waals surface area contributed by atoms with Crippen molar-refractivity contribution in [1.29, 1.82) is 0 Å². The van der Waals surface area contributed by atoms with Crippen molar-refractivity contribution in [1.82, 2.24) is 15.5 Å². The van der Waals surface area contributed by atoms with E-state index in [1.807, 2.05) is 20.0 Å². The number of nitrogens with zero attached hydrogens (tertiary/aromatic N) is 1. The molecule has 1 heterocycles. The molecule has 1 aromatic heterocycles. The fraction of sp³-hybridized carbons (Fsp3) is 0.308. The summed E-state index contributed by atoms with van der Waals surface area (Å²) < 4.78 is 13.1. The predicted octanol–water partition coefficient (Wildman–Crippen LogP) is 3.61. The molecule has 18 heavy (non-hydrogen) atoms. The van der Waals surface area contributed by atoms with Crippen molar-refractivity contribution in [2.75, 3.05) is 0 Å². The smallest absolute Gasteiger partial charge is 0.141 e. The summed E-state index contributed by atoms with van der Waals surface area (Å²) in [6, 6.07) is 5.01. The molecule has 2 aromatic rings. The maximum absolute atomic E-state index is 13.1. The van der Waals surface area contributed by atoms with Gasteiger partial charge in [0.05, 0.1) is 11.2 Å². The highest BCUT2D eigenvalue weighted by Gasteiger charge is 2.13. The Morgan fingerprint density at radius 2 is 2.00 bits per heavy atom. The van der Waals surface area contributed by atoms with Crippen LogP contribution in [-0.4, -0.2) is 10.2 Å². The van der Waals surface area contributed by atoms with Gasteiger partial charge in [0, 0.05) is 23.8 Å². The summed E-state index contributed by atoms with van der Waals surface area (Å²) in [6.07, 6.45) is 3.63. The Labute approximate surface area is 110 Å². The molecule has 2 rings (SSSR count). The summed E-state index contributed by atoms with van der Waals surface area (Å²) in [5.74, 6) is -0.393. The summed E-state index contributed by atoms with van der Waals surface area (Å²) in [5.41, 5.74) is 2.03. The maximum atomic E-state index is 13.1. The van der Waals surface area contributed by atoms with E-state index in [0.717, 1.165) is 11.1 Å². The van der Waals surface area contributed by atoms with Crippen molar-refractivity contribution >= 4 is 11.6 Å². The minimum atomic E-state index is -0.393. The number of halogens is 2. The highest BCUT2D eigenvalue weighted by Crippen LogP contribution is 2.23. The van der Waals surface area contributed by atoms with Crippen LogP contribution in [0.4, 0.5) is 4.39 Å². The molecule has 3 nitrogen and oxygen atoms in total. The molecule has 0 aliphatic carbocycles. The molecule has 2 unspecified atom stereocenters. The van der Waals surface area contributed by atoms with Gasteiger partial charge in [-0.05, 0) is 31.5 Å². The number of nitrogens with one attached hydrogen (secondary N) is 2. The lowest BCUT2D eigenvalue weighted by Crippen LogP contribution is -2.22. The molecule has 5 heteroatoms. The van der Waals surface area contributed by atoms with Gasteiger partial charge in [-0.3, -0.25) is 5.10 Å². The molecule has 96 valence electrons. The normalized spacial score (nSPS) is 14.4. The van der Waals surface area contributed by atoms with Crippen LogP contribution < -0.4 is 5.32 Å². The van der Waals surface area contributed by atoms with Crippen LogP contribution in [0.2, 0.25) is 5.02 Å². The molecular weight excluding hydrogens is 253 g/mol. The molecule has 0 spiro atoms. The largest absolute Gasteiger partial charge is 0.304 e. The van der Waals surface area contributed by atoms with Gasteiger partial charge in [0.25, 0.3) is 0 Å². The molecular formula is C13H15ClFN3. The topological polar surface area (TPSA) is 40.7 Å². The van der Waals surface area contributed by atoms with E-state index in [0.29, 0.717) is 0 Å². The van der Waals surface area contributed by atoms with Gasteiger partial charge in [-0.1, -0.05) is 17.7 Å². The molecule has 2 N–H and O–H groups in total. The molecule has 0 aliphatic heterocycles. The van der Waals surface area contributed by atoms with Crippen LogP contribution in [0.25, 0.3) is 0 Å². The maximum Gasteiger partial charge on any atom is 0.141 e. The number of H-pyrrole nitrogens is 1. The third-order valence-electron chi connectivity index (χ3n) is 2.96. The zero-order valence-corrected chi connectivity index (χ0v) is 11.0. The van der Waals surface area contributed by atoms with Crippen LogP contribution in [0.15, 0.2) is 30.6 Å². The van der Waals surface area contributed by atoms with Gasteiger partial charge in [-0.25, -0.2) is 4.39 Å². The van der Waals surface area contributed by atoms with Gasteiger partial charge in [0.15, 0.2) is 0 Å². The van der Waals surface area contributed by atoms with Crippen LogP contribution in [0.3, 0.4) is 0 Å². The summed E-state index contributed by atoms with van der Waals surface area (Å²) >= 11 is 5.78. The SMILES string of the molecule is CC(NC(C)c1ccc(F)c(Cl)c1)c1cn[nH]c1. The van der Waals surface area contributed by atoms with E-state index >= 15 is 0 Å². The Hall–Kier alpha value is -1.39. The molecule has 0 fully saturated rings. The third-order valence-corrected chi connectivity index (χ3v) is 3.25. The van der Waals surface area contributed by atoms with Gasteiger partial charge in [0.1, 0.15) is 5.82 Å². The number of rotatable bonds is 4. The van der Waals surface area contributed by atoms with Crippen molar-refractivity contribution in [2.24, 2.45) is 0 Å². The van der Waals surface area contributed by atoms with Crippen LogP contribution >= 0.6 is 11.6 Å². The summed E-state index contributed by atoms with van der Waals surface area (Å²) in [4.78, 5) is 0. The van der Waals surface area contributed by atoms with Crippen molar-refractivity contribution in [2.45, 2.75) is 25.9 Å². The number of aromatic nitrogens is 2. The molecule has 0 saturated heterocycles. The highest BCUT2D eigenvalue weighted by molar-refractivity contribution is 6.30. The van der Waals surface area contributed by atoms with Gasteiger partial charge >= 0.3 is 0 Å². The summed E-state index contributed by atoms with van der Waals surface area (Å²) in [7, 11) is 0. The molecule has 0 radical (unpaired) electrons. The first-order valence-corrected chi connectivity index (χ1v) is 6.15.